The normalized spacial score (nSPS) is 11.0. The molecule has 2 heterocycles. The SMILES string of the molecule is Cc1sc2ncnc(SCC(=O)NCc3ccc(Cl)cc3)c2c1C. The Bertz CT molecular complexity index is 877. The minimum Gasteiger partial charge on any atom is -0.351 e. The quantitative estimate of drug-likeness (QED) is 0.530. The number of hydrogen-bond acceptors (Lipinski definition) is 5. The Morgan fingerprint density at radius 1 is 1.25 bits per heavy atom. The first kappa shape index (κ1) is 17.2. The lowest BCUT2D eigenvalue weighted by atomic mass is 10.2. The molecule has 0 unspecified atom stereocenters. The highest BCUT2D eigenvalue weighted by Gasteiger charge is 2.13. The Hall–Kier alpha value is -1.63. The fourth-order valence-electron chi connectivity index (χ4n) is 2.25. The predicted molar refractivity (Wildman–Crippen MR) is 101 cm³/mol. The van der Waals surface area contributed by atoms with Crippen LogP contribution >= 0.6 is 34.7 Å². The Balaban J connectivity index is 1.61. The molecule has 0 aliphatic carbocycles. The van der Waals surface area contributed by atoms with Gasteiger partial charge in [-0.25, -0.2) is 9.97 Å². The molecular formula is C17H16ClN3OS2. The molecule has 0 saturated heterocycles. The van der Waals surface area contributed by atoms with E-state index < -0.39 is 0 Å². The minimum absolute atomic E-state index is 0.0219. The number of aromatic nitrogens is 2. The van der Waals surface area contributed by atoms with Crippen LogP contribution in [0.25, 0.3) is 10.2 Å². The van der Waals surface area contributed by atoms with Gasteiger partial charge in [0, 0.05) is 21.8 Å². The Morgan fingerprint density at radius 3 is 2.75 bits per heavy atom. The first-order chi connectivity index (χ1) is 11.5. The summed E-state index contributed by atoms with van der Waals surface area (Å²) in [5, 5.41) is 5.53. The number of nitrogens with zero attached hydrogens (tertiary/aromatic N) is 2. The second-order valence-corrected chi connectivity index (χ2v) is 7.94. The van der Waals surface area contributed by atoms with E-state index in [1.807, 2.05) is 24.3 Å². The van der Waals surface area contributed by atoms with Gasteiger partial charge in [0.25, 0.3) is 0 Å². The Labute approximate surface area is 153 Å². The van der Waals surface area contributed by atoms with Crippen LogP contribution in [0, 0.1) is 13.8 Å². The molecule has 0 aliphatic heterocycles. The molecule has 3 rings (SSSR count). The number of thiophene rings is 1. The number of carbonyl (C=O) groups is 1. The molecule has 1 N–H and O–H groups in total. The van der Waals surface area contributed by atoms with E-state index in [4.69, 9.17) is 11.6 Å². The van der Waals surface area contributed by atoms with Crippen LogP contribution in [0.5, 0.6) is 0 Å². The van der Waals surface area contributed by atoms with Gasteiger partial charge < -0.3 is 5.32 Å². The van der Waals surface area contributed by atoms with Gasteiger partial charge in [0.1, 0.15) is 16.2 Å². The van der Waals surface area contributed by atoms with E-state index in [1.54, 1.807) is 17.7 Å². The van der Waals surface area contributed by atoms with Crippen molar-refractivity contribution >= 4 is 50.8 Å². The highest BCUT2D eigenvalue weighted by molar-refractivity contribution is 8.00. The van der Waals surface area contributed by atoms with Crippen LogP contribution in [0.4, 0.5) is 0 Å². The van der Waals surface area contributed by atoms with E-state index in [0.717, 1.165) is 20.8 Å². The number of hydrogen-bond donors (Lipinski definition) is 1. The van der Waals surface area contributed by atoms with E-state index >= 15 is 0 Å². The highest BCUT2D eigenvalue weighted by atomic mass is 35.5. The van der Waals surface area contributed by atoms with E-state index in [0.29, 0.717) is 17.3 Å². The van der Waals surface area contributed by atoms with Crippen LogP contribution in [0.3, 0.4) is 0 Å². The van der Waals surface area contributed by atoms with Crippen molar-refractivity contribution in [1.29, 1.82) is 0 Å². The molecule has 24 heavy (non-hydrogen) atoms. The number of benzene rings is 1. The number of fused-ring (bicyclic) bond motifs is 1. The third-order valence-corrected chi connectivity index (χ3v) is 6.03. The summed E-state index contributed by atoms with van der Waals surface area (Å²) in [7, 11) is 0. The van der Waals surface area contributed by atoms with Gasteiger partial charge in [-0.3, -0.25) is 4.79 Å². The zero-order valence-electron chi connectivity index (χ0n) is 13.3. The van der Waals surface area contributed by atoms with Gasteiger partial charge in [0.2, 0.25) is 5.91 Å². The van der Waals surface area contributed by atoms with Crippen molar-refractivity contribution in [3.8, 4) is 0 Å². The van der Waals surface area contributed by atoms with Crippen molar-refractivity contribution in [2.24, 2.45) is 0 Å². The van der Waals surface area contributed by atoms with Gasteiger partial charge in [0.15, 0.2) is 0 Å². The highest BCUT2D eigenvalue weighted by Crippen LogP contribution is 2.34. The molecule has 4 nitrogen and oxygen atoms in total. The first-order valence-electron chi connectivity index (χ1n) is 7.39. The zero-order valence-corrected chi connectivity index (χ0v) is 15.7. The molecule has 7 heteroatoms. The van der Waals surface area contributed by atoms with Crippen molar-refractivity contribution < 1.29 is 4.79 Å². The molecule has 1 amide bonds. The molecule has 0 aliphatic rings. The number of amides is 1. The van der Waals surface area contributed by atoms with Gasteiger partial charge >= 0.3 is 0 Å². The molecule has 0 saturated carbocycles. The topological polar surface area (TPSA) is 54.9 Å². The average molecular weight is 378 g/mol. The number of nitrogens with one attached hydrogen (secondary N) is 1. The molecule has 0 atom stereocenters. The summed E-state index contributed by atoms with van der Waals surface area (Å²) in [5.41, 5.74) is 2.21. The van der Waals surface area contributed by atoms with Crippen molar-refractivity contribution in [3.05, 3.63) is 51.6 Å². The molecule has 124 valence electrons. The number of aryl methyl sites for hydroxylation is 2. The summed E-state index contributed by atoms with van der Waals surface area (Å²) in [6, 6.07) is 7.44. The molecular weight excluding hydrogens is 362 g/mol. The van der Waals surface area contributed by atoms with Crippen molar-refractivity contribution in [3.63, 3.8) is 0 Å². The van der Waals surface area contributed by atoms with E-state index in [1.165, 1.54) is 22.2 Å². The van der Waals surface area contributed by atoms with Gasteiger partial charge in [-0.05, 0) is 37.1 Å². The van der Waals surface area contributed by atoms with Gasteiger partial charge in [-0.2, -0.15) is 0 Å². The molecule has 3 aromatic rings. The maximum atomic E-state index is 12.1. The van der Waals surface area contributed by atoms with Crippen LogP contribution in [-0.2, 0) is 11.3 Å². The largest absolute Gasteiger partial charge is 0.351 e. The third kappa shape index (κ3) is 3.88. The van der Waals surface area contributed by atoms with E-state index in [-0.39, 0.29) is 5.91 Å². The Kier molecular flexibility index (Phi) is 5.38. The summed E-state index contributed by atoms with van der Waals surface area (Å²) in [5.74, 6) is 0.305. The van der Waals surface area contributed by atoms with E-state index in [9.17, 15) is 4.79 Å². The fraction of sp³-hybridized carbons (Fsp3) is 0.235. The molecule has 0 radical (unpaired) electrons. The number of halogens is 1. The standard InChI is InChI=1S/C17H16ClN3OS2/c1-10-11(2)24-17-15(10)16(20-9-21-17)23-8-14(22)19-7-12-3-5-13(18)6-4-12/h3-6,9H,7-8H2,1-2H3,(H,19,22). The summed E-state index contributed by atoms with van der Waals surface area (Å²) in [6.45, 7) is 4.64. The van der Waals surface area contributed by atoms with Crippen LogP contribution < -0.4 is 5.32 Å². The van der Waals surface area contributed by atoms with Crippen LogP contribution in [0.15, 0.2) is 35.6 Å². The summed E-state index contributed by atoms with van der Waals surface area (Å²) >= 11 is 8.96. The number of rotatable bonds is 5. The van der Waals surface area contributed by atoms with Gasteiger partial charge in [-0.1, -0.05) is 35.5 Å². The molecule has 0 bridgehead atoms. The first-order valence-corrected chi connectivity index (χ1v) is 9.57. The van der Waals surface area contributed by atoms with Crippen LogP contribution in [0.2, 0.25) is 5.02 Å². The summed E-state index contributed by atoms with van der Waals surface area (Å²) in [6.07, 6.45) is 1.56. The Morgan fingerprint density at radius 2 is 2.00 bits per heavy atom. The van der Waals surface area contributed by atoms with Crippen LogP contribution in [0.1, 0.15) is 16.0 Å². The fourth-order valence-corrected chi connectivity index (χ4v) is 4.32. The molecule has 1 aromatic carbocycles. The van der Waals surface area contributed by atoms with Crippen molar-refractivity contribution in [2.75, 3.05) is 5.75 Å². The second-order valence-electron chi connectivity index (χ2n) is 5.33. The van der Waals surface area contributed by atoms with Gasteiger partial charge in [-0.15, -0.1) is 11.3 Å². The predicted octanol–water partition coefficient (Wildman–Crippen LogP) is 4.37. The maximum absolute atomic E-state index is 12.1. The van der Waals surface area contributed by atoms with Gasteiger partial charge in [0.05, 0.1) is 5.75 Å². The number of thioether (sulfide) groups is 1. The molecule has 0 spiro atoms. The van der Waals surface area contributed by atoms with Crippen LogP contribution in [-0.4, -0.2) is 21.6 Å². The molecule has 2 aromatic heterocycles. The molecule has 0 fully saturated rings. The smallest absolute Gasteiger partial charge is 0.230 e. The lowest BCUT2D eigenvalue weighted by Gasteiger charge is -2.06. The minimum atomic E-state index is -0.0219. The second kappa shape index (κ2) is 7.51. The summed E-state index contributed by atoms with van der Waals surface area (Å²) in [4.78, 5) is 23.0. The monoisotopic (exact) mass is 377 g/mol. The van der Waals surface area contributed by atoms with Crippen molar-refractivity contribution in [1.82, 2.24) is 15.3 Å². The maximum Gasteiger partial charge on any atom is 0.230 e. The lowest BCUT2D eigenvalue weighted by molar-refractivity contribution is -0.118. The lowest BCUT2D eigenvalue weighted by Crippen LogP contribution is -2.24. The average Bonchev–Trinajstić information content (AvgIpc) is 2.87. The summed E-state index contributed by atoms with van der Waals surface area (Å²) < 4.78 is 0. The number of carbonyl (C=O) groups excluding carboxylic acids is 1. The van der Waals surface area contributed by atoms with E-state index in [2.05, 4.69) is 29.1 Å². The third-order valence-electron chi connectivity index (χ3n) is 3.67. The van der Waals surface area contributed by atoms with Crippen molar-refractivity contribution in [2.45, 2.75) is 25.4 Å². The zero-order chi connectivity index (χ0) is 17.1.